The van der Waals surface area contributed by atoms with Crippen molar-refractivity contribution in [2.75, 3.05) is 18.2 Å². The van der Waals surface area contributed by atoms with Crippen molar-refractivity contribution in [2.45, 2.75) is 25.9 Å². The first kappa shape index (κ1) is 24.7. The van der Waals surface area contributed by atoms with E-state index in [1.807, 2.05) is 80.2 Å². The Morgan fingerprint density at radius 1 is 1.06 bits per heavy atom. The third kappa shape index (κ3) is 5.31. The van der Waals surface area contributed by atoms with E-state index in [0.717, 1.165) is 39.2 Å². The molecule has 4 rings (SSSR count). The van der Waals surface area contributed by atoms with Gasteiger partial charge in [-0.05, 0) is 38.0 Å². The van der Waals surface area contributed by atoms with Crippen LogP contribution < -0.4 is 5.32 Å². The number of thiophene rings is 1. The van der Waals surface area contributed by atoms with Gasteiger partial charge < -0.3 is 14.6 Å². The lowest BCUT2D eigenvalue weighted by atomic mass is 9.97. The zero-order chi connectivity index (χ0) is 25.1. The van der Waals surface area contributed by atoms with Gasteiger partial charge in [0.2, 0.25) is 5.91 Å². The molecule has 0 saturated carbocycles. The number of anilines is 1. The minimum Gasteiger partial charge on any atom is -0.465 e. The molecule has 7 nitrogen and oxygen atoms in total. The molecule has 9 heteroatoms. The van der Waals surface area contributed by atoms with Gasteiger partial charge in [-0.2, -0.15) is 0 Å². The molecule has 180 valence electrons. The lowest BCUT2D eigenvalue weighted by Crippen LogP contribution is -2.16. The van der Waals surface area contributed by atoms with Crippen LogP contribution in [0, 0.1) is 20.8 Å². The molecule has 0 aliphatic heterocycles. The first-order chi connectivity index (χ1) is 16.8. The Hall–Kier alpha value is -3.43. The summed E-state index contributed by atoms with van der Waals surface area (Å²) in [6.45, 7) is 6.02. The number of esters is 1. The van der Waals surface area contributed by atoms with E-state index in [4.69, 9.17) is 4.74 Å². The third-order valence-electron chi connectivity index (χ3n) is 5.56. The number of carbonyl (C=O) groups excluding carboxylic acids is 2. The predicted molar refractivity (Wildman–Crippen MR) is 141 cm³/mol. The van der Waals surface area contributed by atoms with Gasteiger partial charge in [-0.3, -0.25) is 4.79 Å². The average Bonchev–Trinajstić information content (AvgIpc) is 3.42. The molecule has 0 atom stereocenters. The lowest BCUT2D eigenvalue weighted by Gasteiger charge is -2.10. The summed E-state index contributed by atoms with van der Waals surface area (Å²) in [5.74, 6) is 0.133. The van der Waals surface area contributed by atoms with Gasteiger partial charge in [0.1, 0.15) is 10.6 Å². The zero-order valence-electron chi connectivity index (χ0n) is 20.2. The fourth-order valence-electron chi connectivity index (χ4n) is 3.75. The van der Waals surface area contributed by atoms with Crippen molar-refractivity contribution in [1.82, 2.24) is 14.8 Å². The monoisotopic (exact) mass is 506 g/mol. The molecule has 35 heavy (non-hydrogen) atoms. The van der Waals surface area contributed by atoms with E-state index < -0.39 is 5.97 Å². The number of benzene rings is 2. The number of hydrogen-bond donors (Lipinski definition) is 1. The second kappa shape index (κ2) is 10.5. The van der Waals surface area contributed by atoms with Gasteiger partial charge in [0.05, 0.1) is 12.9 Å². The molecule has 0 spiro atoms. The number of methoxy groups -OCH3 is 1. The van der Waals surface area contributed by atoms with Gasteiger partial charge >= 0.3 is 5.97 Å². The Morgan fingerprint density at radius 2 is 1.83 bits per heavy atom. The fourth-order valence-corrected chi connectivity index (χ4v) is 5.42. The predicted octanol–water partition coefficient (Wildman–Crippen LogP) is 5.65. The molecular formula is C26H26N4O3S2. The highest BCUT2D eigenvalue weighted by molar-refractivity contribution is 7.99. The van der Waals surface area contributed by atoms with Crippen LogP contribution in [0.4, 0.5) is 5.00 Å². The van der Waals surface area contributed by atoms with Crippen LogP contribution in [0.15, 0.2) is 53.0 Å². The number of nitrogens with one attached hydrogen (secondary N) is 1. The number of ether oxygens (including phenoxy) is 1. The van der Waals surface area contributed by atoms with Crippen molar-refractivity contribution >= 4 is 40.0 Å². The molecule has 4 aromatic rings. The van der Waals surface area contributed by atoms with Gasteiger partial charge in [0.25, 0.3) is 0 Å². The van der Waals surface area contributed by atoms with Crippen LogP contribution in [-0.4, -0.2) is 39.5 Å². The number of rotatable bonds is 7. The van der Waals surface area contributed by atoms with Gasteiger partial charge in [0.15, 0.2) is 11.0 Å². The van der Waals surface area contributed by atoms with Crippen molar-refractivity contribution in [2.24, 2.45) is 7.05 Å². The fraction of sp³-hybridized carbons (Fsp3) is 0.231. The van der Waals surface area contributed by atoms with Crippen molar-refractivity contribution in [3.05, 3.63) is 70.1 Å². The van der Waals surface area contributed by atoms with Crippen LogP contribution in [0.1, 0.15) is 27.0 Å². The molecule has 1 amide bonds. The highest BCUT2D eigenvalue weighted by atomic mass is 32.2. The normalized spacial score (nSPS) is 10.9. The average molecular weight is 507 g/mol. The Bertz CT molecular complexity index is 1410. The number of thioether (sulfide) groups is 1. The van der Waals surface area contributed by atoms with E-state index in [1.165, 1.54) is 30.2 Å². The molecule has 0 fully saturated rings. The summed E-state index contributed by atoms with van der Waals surface area (Å²) in [7, 11) is 3.22. The molecule has 0 aliphatic carbocycles. The number of carbonyl (C=O) groups is 2. The molecule has 0 aliphatic rings. The Labute approximate surface area is 212 Å². The van der Waals surface area contributed by atoms with E-state index in [-0.39, 0.29) is 11.7 Å². The number of nitrogens with zero attached hydrogens (tertiary/aromatic N) is 3. The Kier molecular flexibility index (Phi) is 7.37. The summed E-state index contributed by atoms with van der Waals surface area (Å²) in [5, 5.41) is 14.4. The van der Waals surface area contributed by atoms with Crippen molar-refractivity contribution < 1.29 is 14.3 Å². The van der Waals surface area contributed by atoms with Gasteiger partial charge in [-0.1, -0.05) is 59.3 Å². The van der Waals surface area contributed by atoms with Crippen LogP contribution in [0.25, 0.3) is 22.5 Å². The summed E-state index contributed by atoms with van der Waals surface area (Å²) >= 11 is 2.60. The van der Waals surface area contributed by atoms with Crippen LogP contribution in [0.2, 0.25) is 0 Å². The van der Waals surface area contributed by atoms with Crippen LogP contribution >= 0.6 is 23.1 Å². The first-order valence-electron chi connectivity index (χ1n) is 10.9. The van der Waals surface area contributed by atoms with Crippen LogP contribution in [0.5, 0.6) is 0 Å². The van der Waals surface area contributed by atoms with Crippen LogP contribution in [-0.2, 0) is 16.6 Å². The van der Waals surface area contributed by atoms with E-state index in [1.54, 1.807) is 0 Å². The van der Waals surface area contributed by atoms with E-state index in [9.17, 15) is 9.59 Å². The number of aryl methyl sites for hydroxylation is 3. The second-order valence-corrected chi connectivity index (χ2v) is 10.1. The maximum absolute atomic E-state index is 12.8. The standard InChI is InChI=1S/C26H26N4O3S2/c1-15-7-6-8-18(11-15)23-28-29-26(30(23)4)35-14-21(31)27-24-22(25(32)33-5)20(13-34-24)19-12-16(2)9-10-17(19)3/h6-13H,14H2,1-5H3,(H,27,31). The lowest BCUT2D eigenvalue weighted by molar-refractivity contribution is -0.113. The minimum absolute atomic E-state index is 0.122. The molecule has 2 aromatic carbocycles. The van der Waals surface area contributed by atoms with Gasteiger partial charge in [-0.25, -0.2) is 4.79 Å². The highest BCUT2D eigenvalue weighted by Gasteiger charge is 2.23. The van der Waals surface area contributed by atoms with E-state index in [2.05, 4.69) is 15.5 Å². The summed E-state index contributed by atoms with van der Waals surface area (Å²) in [5.41, 5.74) is 6.29. The summed E-state index contributed by atoms with van der Waals surface area (Å²) in [4.78, 5) is 25.5. The summed E-state index contributed by atoms with van der Waals surface area (Å²) in [6.07, 6.45) is 0. The van der Waals surface area contributed by atoms with Gasteiger partial charge in [0, 0.05) is 23.6 Å². The topological polar surface area (TPSA) is 86.1 Å². The van der Waals surface area contributed by atoms with Gasteiger partial charge in [-0.15, -0.1) is 21.5 Å². The maximum atomic E-state index is 12.8. The SMILES string of the molecule is COC(=O)c1c(-c2cc(C)ccc2C)csc1NC(=O)CSc1nnc(-c2cccc(C)c2)n1C. The number of amides is 1. The third-order valence-corrected chi connectivity index (χ3v) is 7.48. The van der Waals surface area contributed by atoms with Crippen molar-refractivity contribution in [3.8, 4) is 22.5 Å². The largest absolute Gasteiger partial charge is 0.465 e. The molecule has 0 saturated heterocycles. The molecule has 2 aromatic heterocycles. The van der Waals surface area contributed by atoms with E-state index >= 15 is 0 Å². The number of aromatic nitrogens is 3. The van der Waals surface area contributed by atoms with Crippen LogP contribution in [0.3, 0.4) is 0 Å². The quantitative estimate of drug-likeness (QED) is 0.257. The molecule has 2 heterocycles. The first-order valence-corrected chi connectivity index (χ1v) is 12.8. The summed E-state index contributed by atoms with van der Waals surface area (Å²) < 4.78 is 6.91. The second-order valence-electron chi connectivity index (χ2n) is 8.23. The molecule has 0 radical (unpaired) electrons. The number of hydrogen-bond acceptors (Lipinski definition) is 7. The molecule has 0 bridgehead atoms. The highest BCUT2D eigenvalue weighted by Crippen LogP contribution is 2.38. The smallest absolute Gasteiger partial charge is 0.341 e. The Balaban J connectivity index is 1.52. The molecule has 1 N–H and O–H groups in total. The van der Waals surface area contributed by atoms with Crippen molar-refractivity contribution in [3.63, 3.8) is 0 Å². The van der Waals surface area contributed by atoms with E-state index in [0.29, 0.717) is 15.7 Å². The Morgan fingerprint density at radius 3 is 2.57 bits per heavy atom. The maximum Gasteiger partial charge on any atom is 0.341 e. The zero-order valence-corrected chi connectivity index (χ0v) is 21.8. The molecule has 0 unspecified atom stereocenters. The molecular weight excluding hydrogens is 480 g/mol. The summed E-state index contributed by atoms with van der Waals surface area (Å²) in [6, 6.07) is 14.1. The minimum atomic E-state index is -0.485. The van der Waals surface area contributed by atoms with Crippen molar-refractivity contribution in [1.29, 1.82) is 0 Å².